The summed E-state index contributed by atoms with van der Waals surface area (Å²) in [4.78, 5) is 14.0. The number of hydrogen-bond donors (Lipinski definition) is 0. The first-order valence-corrected chi connectivity index (χ1v) is 9.84. The molecule has 2 atom stereocenters. The molecule has 2 rings (SSSR count). The maximum absolute atomic E-state index is 12.3. The van der Waals surface area contributed by atoms with Crippen LogP contribution in [0.1, 0.15) is 42.7 Å². The van der Waals surface area contributed by atoms with Gasteiger partial charge in [-0.05, 0) is 25.3 Å². The lowest BCUT2D eigenvalue weighted by molar-refractivity contribution is -0.131. The molecular weight excluding hydrogens is 298 g/mol. The average Bonchev–Trinajstić information content (AvgIpc) is 2.93. The number of likely N-dealkylation sites (N-methyl/N-ethyl adjacent to an activating group) is 1. The Morgan fingerprint density at radius 1 is 1.23 bits per heavy atom. The molecule has 1 saturated carbocycles. The van der Waals surface area contributed by atoms with Gasteiger partial charge >= 0.3 is 0 Å². The Bertz CT molecular complexity index is 622. The zero-order valence-electron chi connectivity index (χ0n) is 13.6. The number of carbonyl (C=O) groups is 1. The van der Waals surface area contributed by atoms with Gasteiger partial charge in [-0.15, -0.1) is 0 Å². The number of benzene rings is 1. The molecule has 0 radical (unpaired) electrons. The van der Waals surface area contributed by atoms with E-state index >= 15 is 0 Å². The molecule has 0 N–H and O–H groups in total. The van der Waals surface area contributed by atoms with E-state index in [2.05, 4.69) is 31.2 Å². The number of carbonyl (C=O) groups excluding carboxylic acids is 1. The van der Waals surface area contributed by atoms with Gasteiger partial charge in [0.15, 0.2) is 0 Å². The molecule has 1 aliphatic carbocycles. The van der Waals surface area contributed by atoms with Crippen LogP contribution in [-0.4, -0.2) is 44.3 Å². The SMILES string of the molecule is Cc1ccc([C@@H]2CCC[C@@H]2N(C)C(=O)CCS(C)(=O)=O)cc1. The number of rotatable bonds is 5. The van der Waals surface area contributed by atoms with Crippen LogP contribution in [0.3, 0.4) is 0 Å². The van der Waals surface area contributed by atoms with Crippen molar-refractivity contribution in [3.8, 4) is 0 Å². The van der Waals surface area contributed by atoms with E-state index in [0.717, 1.165) is 19.3 Å². The van der Waals surface area contributed by atoms with Crippen LogP contribution in [0, 0.1) is 6.92 Å². The highest BCUT2D eigenvalue weighted by Gasteiger charge is 2.33. The van der Waals surface area contributed by atoms with Gasteiger partial charge in [0.2, 0.25) is 5.91 Å². The van der Waals surface area contributed by atoms with Crippen molar-refractivity contribution in [1.29, 1.82) is 0 Å². The number of nitrogens with zero attached hydrogens (tertiary/aromatic N) is 1. The van der Waals surface area contributed by atoms with Crippen molar-refractivity contribution in [1.82, 2.24) is 4.90 Å². The molecule has 122 valence electrons. The van der Waals surface area contributed by atoms with E-state index in [1.165, 1.54) is 17.4 Å². The highest BCUT2D eigenvalue weighted by Crippen LogP contribution is 2.37. The van der Waals surface area contributed by atoms with Crippen LogP contribution in [0.5, 0.6) is 0 Å². The second kappa shape index (κ2) is 6.82. The van der Waals surface area contributed by atoms with Crippen LogP contribution < -0.4 is 0 Å². The molecule has 4 nitrogen and oxygen atoms in total. The molecule has 1 amide bonds. The third kappa shape index (κ3) is 4.32. The van der Waals surface area contributed by atoms with Gasteiger partial charge in [-0.25, -0.2) is 8.42 Å². The molecular formula is C17H25NO3S. The Morgan fingerprint density at radius 2 is 1.86 bits per heavy atom. The molecule has 1 aromatic rings. The predicted octanol–water partition coefficient (Wildman–Crippen LogP) is 2.52. The normalized spacial score (nSPS) is 21.8. The second-order valence-corrected chi connectivity index (χ2v) is 8.66. The first-order chi connectivity index (χ1) is 10.3. The third-order valence-corrected chi connectivity index (χ3v) is 5.51. The topological polar surface area (TPSA) is 54.5 Å². The van der Waals surface area contributed by atoms with E-state index in [9.17, 15) is 13.2 Å². The Morgan fingerprint density at radius 3 is 2.45 bits per heavy atom. The fraction of sp³-hybridized carbons (Fsp3) is 0.588. The zero-order valence-corrected chi connectivity index (χ0v) is 14.4. The minimum absolute atomic E-state index is 0.0713. The Labute approximate surface area is 133 Å². The summed E-state index contributed by atoms with van der Waals surface area (Å²) in [6.45, 7) is 2.07. The second-order valence-electron chi connectivity index (χ2n) is 6.40. The highest BCUT2D eigenvalue weighted by atomic mass is 32.2. The lowest BCUT2D eigenvalue weighted by Gasteiger charge is -2.30. The highest BCUT2D eigenvalue weighted by molar-refractivity contribution is 7.90. The van der Waals surface area contributed by atoms with E-state index < -0.39 is 9.84 Å². The first-order valence-electron chi connectivity index (χ1n) is 7.78. The Balaban J connectivity index is 2.06. The smallest absolute Gasteiger partial charge is 0.223 e. The minimum Gasteiger partial charge on any atom is -0.342 e. The molecule has 1 fully saturated rings. The van der Waals surface area contributed by atoms with Crippen molar-refractivity contribution in [2.24, 2.45) is 0 Å². The number of amides is 1. The van der Waals surface area contributed by atoms with E-state index in [1.807, 2.05) is 7.05 Å². The van der Waals surface area contributed by atoms with Crippen LogP contribution >= 0.6 is 0 Å². The number of hydrogen-bond acceptors (Lipinski definition) is 3. The molecule has 5 heteroatoms. The summed E-state index contributed by atoms with van der Waals surface area (Å²) < 4.78 is 22.5. The van der Waals surface area contributed by atoms with Gasteiger partial charge in [0.25, 0.3) is 0 Å². The fourth-order valence-electron chi connectivity index (χ4n) is 3.24. The summed E-state index contributed by atoms with van der Waals surface area (Å²) in [5.74, 6) is 0.208. The molecule has 1 aliphatic rings. The van der Waals surface area contributed by atoms with Gasteiger partial charge in [0, 0.05) is 31.7 Å². The molecule has 0 bridgehead atoms. The van der Waals surface area contributed by atoms with Crippen LogP contribution in [0.25, 0.3) is 0 Å². The van der Waals surface area contributed by atoms with Gasteiger partial charge in [0.1, 0.15) is 9.84 Å². The zero-order chi connectivity index (χ0) is 16.3. The maximum Gasteiger partial charge on any atom is 0.223 e. The summed E-state index contributed by atoms with van der Waals surface area (Å²) in [6, 6.07) is 8.68. The molecule has 0 aliphatic heterocycles. The van der Waals surface area contributed by atoms with E-state index in [0.29, 0.717) is 5.92 Å². The summed E-state index contributed by atoms with van der Waals surface area (Å²) >= 11 is 0. The summed E-state index contributed by atoms with van der Waals surface area (Å²) in [5.41, 5.74) is 2.51. The first kappa shape index (κ1) is 17.0. The van der Waals surface area contributed by atoms with E-state index in [1.54, 1.807) is 4.90 Å². The van der Waals surface area contributed by atoms with Crippen molar-refractivity contribution < 1.29 is 13.2 Å². The molecule has 0 aromatic heterocycles. The summed E-state index contributed by atoms with van der Waals surface area (Å²) in [6.07, 6.45) is 4.42. The van der Waals surface area contributed by atoms with Crippen LogP contribution in [0.4, 0.5) is 0 Å². The molecule has 22 heavy (non-hydrogen) atoms. The largest absolute Gasteiger partial charge is 0.342 e. The average molecular weight is 323 g/mol. The van der Waals surface area contributed by atoms with Gasteiger partial charge in [-0.2, -0.15) is 0 Å². The number of sulfone groups is 1. The molecule has 0 unspecified atom stereocenters. The monoisotopic (exact) mass is 323 g/mol. The third-order valence-electron chi connectivity index (χ3n) is 4.56. The summed E-state index contributed by atoms with van der Waals surface area (Å²) in [7, 11) is -1.29. The predicted molar refractivity (Wildman–Crippen MR) is 88.7 cm³/mol. The molecule has 0 spiro atoms. The van der Waals surface area contributed by atoms with Crippen LogP contribution in [-0.2, 0) is 14.6 Å². The molecule has 0 saturated heterocycles. The minimum atomic E-state index is -3.09. The fourth-order valence-corrected chi connectivity index (χ4v) is 3.79. The van der Waals surface area contributed by atoms with Crippen molar-refractivity contribution in [2.45, 2.75) is 44.6 Å². The standard InChI is InChI=1S/C17H25NO3S/c1-13-7-9-14(10-8-13)15-5-4-6-16(15)18(2)17(19)11-12-22(3,20)21/h7-10,15-16H,4-6,11-12H2,1-3H3/t15-,16-/m0/s1. The van der Waals surface area contributed by atoms with Gasteiger partial charge in [-0.1, -0.05) is 36.2 Å². The molecule has 0 heterocycles. The van der Waals surface area contributed by atoms with Crippen molar-refractivity contribution in [3.63, 3.8) is 0 Å². The van der Waals surface area contributed by atoms with Crippen molar-refractivity contribution >= 4 is 15.7 Å². The lowest BCUT2D eigenvalue weighted by atomic mass is 9.92. The summed E-state index contributed by atoms with van der Waals surface area (Å²) in [5, 5.41) is 0. The van der Waals surface area contributed by atoms with E-state index in [4.69, 9.17) is 0 Å². The van der Waals surface area contributed by atoms with Crippen LogP contribution in [0.2, 0.25) is 0 Å². The number of aryl methyl sites for hydroxylation is 1. The van der Waals surface area contributed by atoms with Crippen molar-refractivity contribution in [3.05, 3.63) is 35.4 Å². The lowest BCUT2D eigenvalue weighted by Crippen LogP contribution is -2.39. The maximum atomic E-state index is 12.3. The van der Waals surface area contributed by atoms with Gasteiger partial charge in [-0.3, -0.25) is 4.79 Å². The Kier molecular flexibility index (Phi) is 5.27. The van der Waals surface area contributed by atoms with E-state index in [-0.39, 0.29) is 24.1 Å². The van der Waals surface area contributed by atoms with Gasteiger partial charge < -0.3 is 4.90 Å². The van der Waals surface area contributed by atoms with Gasteiger partial charge in [0.05, 0.1) is 5.75 Å². The Hall–Kier alpha value is -1.36. The van der Waals surface area contributed by atoms with Crippen LogP contribution in [0.15, 0.2) is 24.3 Å². The quantitative estimate of drug-likeness (QED) is 0.836. The molecule has 1 aromatic carbocycles. The van der Waals surface area contributed by atoms with Crippen molar-refractivity contribution in [2.75, 3.05) is 19.1 Å².